The van der Waals surface area contributed by atoms with E-state index >= 15 is 0 Å². The summed E-state index contributed by atoms with van der Waals surface area (Å²) in [5.41, 5.74) is 1.75. The van der Waals surface area contributed by atoms with E-state index in [1.54, 1.807) is 11.8 Å². The van der Waals surface area contributed by atoms with E-state index in [9.17, 15) is 14.4 Å². The average Bonchev–Trinajstić information content (AvgIpc) is 3.05. The van der Waals surface area contributed by atoms with Crippen LogP contribution in [0.4, 0.5) is 4.79 Å². The van der Waals surface area contributed by atoms with Crippen molar-refractivity contribution in [1.29, 1.82) is 0 Å². The van der Waals surface area contributed by atoms with E-state index in [0.717, 1.165) is 40.0 Å². The zero-order valence-electron chi connectivity index (χ0n) is 15.6. The van der Waals surface area contributed by atoms with Crippen LogP contribution >= 0.6 is 23.5 Å². The van der Waals surface area contributed by atoms with E-state index in [0.29, 0.717) is 25.4 Å². The topological polar surface area (TPSA) is 75.7 Å². The normalized spacial score (nSPS) is 18.6. The van der Waals surface area contributed by atoms with E-state index in [4.69, 9.17) is 4.74 Å². The van der Waals surface area contributed by atoms with Crippen molar-refractivity contribution in [1.82, 2.24) is 10.2 Å². The first-order valence-corrected chi connectivity index (χ1v) is 11.2. The van der Waals surface area contributed by atoms with Crippen molar-refractivity contribution in [3.63, 3.8) is 0 Å². The molecule has 4 rings (SSSR count). The average molecular weight is 429 g/mol. The first-order chi connectivity index (χ1) is 14.1. The zero-order valence-corrected chi connectivity index (χ0v) is 17.3. The minimum absolute atomic E-state index is 0.0796. The van der Waals surface area contributed by atoms with Crippen molar-refractivity contribution >= 4 is 40.6 Å². The molecule has 0 spiro atoms. The molecule has 0 radical (unpaired) electrons. The lowest BCUT2D eigenvalue weighted by Gasteiger charge is -2.27. The Labute approximate surface area is 177 Å². The molecule has 8 heteroatoms. The number of benzene rings is 2. The number of ether oxygens (including phenoxy) is 1. The van der Waals surface area contributed by atoms with Crippen LogP contribution in [0.3, 0.4) is 0 Å². The summed E-state index contributed by atoms with van der Waals surface area (Å²) < 4.78 is 5.78. The second-order valence-electron chi connectivity index (χ2n) is 6.77. The van der Waals surface area contributed by atoms with Gasteiger partial charge in [0.05, 0.1) is 23.3 Å². The van der Waals surface area contributed by atoms with Gasteiger partial charge in [0, 0.05) is 11.4 Å². The van der Waals surface area contributed by atoms with Crippen molar-refractivity contribution in [2.45, 2.75) is 23.0 Å². The van der Waals surface area contributed by atoms with Gasteiger partial charge in [0.2, 0.25) is 5.91 Å². The van der Waals surface area contributed by atoms with Crippen LogP contribution in [0.15, 0.2) is 53.4 Å². The zero-order chi connectivity index (χ0) is 20.2. The molecule has 0 saturated carbocycles. The number of carbonyl (C=O) groups excluding carboxylic acids is 3. The molecule has 3 amide bonds. The van der Waals surface area contributed by atoms with Gasteiger partial charge in [0.15, 0.2) is 0 Å². The molecule has 0 aromatic heterocycles. The third-order valence-corrected chi connectivity index (χ3v) is 6.82. The maximum atomic E-state index is 12.5. The van der Waals surface area contributed by atoms with E-state index in [1.165, 1.54) is 0 Å². The lowest BCUT2D eigenvalue weighted by molar-refractivity contribution is -0.118. The van der Waals surface area contributed by atoms with Gasteiger partial charge in [-0.3, -0.25) is 19.7 Å². The van der Waals surface area contributed by atoms with Crippen LogP contribution in [-0.4, -0.2) is 46.2 Å². The third-order valence-electron chi connectivity index (χ3n) is 4.73. The molecule has 29 heavy (non-hydrogen) atoms. The summed E-state index contributed by atoms with van der Waals surface area (Å²) in [6.07, 6.45) is 1.26. The van der Waals surface area contributed by atoms with Crippen LogP contribution in [0.5, 0.6) is 5.75 Å². The molecule has 1 saturated heterocycles. The van der Waals surface area contributed by atoms with E-state index in [2.05, 4.69) is 5.32 Å². The summed E-state index contributed by atoms with van der Waals surface area (Å²) in [7, 11) is 0. The Morgan fingerprint density at radius 1 is 1.07 bits per heavy atom. The Kier molecular flexibility index (Phi) is 6.10. The number of hydrogen-bond acceptors (Lipinski definition) is 6. The maximum absolute atomic E-state index is 12.5. The molecule has 0 bridgehead atoms. The summed E-state index contributed by atoms with van der Waals surface area (Å²) in [5.74, 6) is 1.27. The van der Waals surface area contributed by atoms with Crippen molar-refractivity contribution in [3.8, 4) is 5.75 Å². The molecular weight excluding hydrogens is 408 g/mol. The Morgan fingerprint density at radius 2 is 1.86 bits per heavy atom. The van der Waals surface area contributed by atoms with Crippen LogP contribution in [0, 0.1) is 0 Å². The highest BCUT2D eigenvalue weighted by Crippen LogP contribution is 2.30. The molecule has 6 nitrogen and oxygen atoms in total. The molecule has 2 aliphatic heterocycles. The molecule has 1 unspecified atom stereocenters. The van der Waals surface area contributed by atoms with Gasteiger partial charge >= 0.3 is 0 Å². The molecule has 150 valence electrons. The molecule has 2 heterocycles. The van der Waals surface area contributed by atoms with Crippen molar-refractivity contribution < 1.29 is 19.1 Å². The Balaban J connectivity index is 1.22. The summed E-state index contributed by atoms with van der Waals surface area (Å²) in [5, 5.41) is 1.65. The fourth-order valence-electron chi connectivity index (χ4n) is 3.22. The van der Waals surface area contributed by atoms with Gasteiger partial charge in [-0.05, 0) is 42.7 Å². The van der Waals surface area contributed by atoms with Gasteiger partial charge in [0.1, 0.15) is 5.75 Å². The fraction of sp³-hybridized carbons (Fsp3) is 0.286. The van der Waals surface area contributed by atoms with Crippen LogP contribution in [0.1, 0.15) is 22.3 Å². The highest BCUT2D eigenvalue weighted by Gasteiger charge is 2.31. The van der Waals surface area contributed by atoms with Crippen LogP contribution in [0.25, 0.3) is 0 Å². The molecule has 2 aliphatic rings. The molecule has 2 aromatic carbocycles. The molecule has 1 N–H and O–H groups in total. The van der Waals surface area contributed by atoms with Gasteiger partial charge in [-0.2, -0.15) is 0 Å². The first-order valence-electron chi connectivity index (χ1n) is 9.34. The van der Waals surface area contributed by atoms with Gasteiger partial charge in [-0.25, -0.2) is 0 Å². The largest absolute Gasteiger partial charge is 0.494 e. The van der Waals surface area contributed by atoms with Crippen LogP contribution < -0.4 is 10.1 Å². The molecule has 0 aliphatic carbocycles. The van der Waals surface area contributed by atoms with Crippen molar-refractivity contribution in [2.24, 2.45) is 0 Å². The maximum Gasteiger partial charge on any atom is 0.286 e. The lowest BCUT2D eigenvalue weighted by atomic mass is 10.1. The minimum atomic E-state index is -0.362. The Morgan fingerprint density at radius 3 is 2.62 bits per heavy atom. The molecule has 1 fully saturated rings. The monoisotopic (exact) mass is 428 g/mol. The number of hydrogen-bond donors (Lipinski definition) is 1. The Bertz CT molecular complexity index is 933. The van der Waals surface area contributed by atoms with Gasteiger partial charge in [-0.1, -0.05) is 36.0 Å². The standard InChI is InChI=1S/C21H20N2O4S2/c24-19-18(29-21(26)22-19)12-14-6-8-15(9-7-14)27-11-3-10-23-13-28-17-5-2-1-4-16(17)20(23)25/h1-2,4-9,18H,3,10-13H2,(H,22,24,26). The highest BCUT2D eigenvalue weighted by molar-refractivity contribution is 8.15. The number of thioether (sulfide) groups is 2. The summed E-state index contributed by atoms with van der Waals surface area (Å²) in [6.45, 7) is 1.17. The summed E-state index contributed by atoms with van der Waals surface area (Å²) in [6, 6.07) is 15.3. The SMILES string of the molecule is O=C1NC(=O)C(Cc2ccc(OCCCN3CSc4ccccc4C3=O)cc2)S1. The van der Waals surface area contributed by atoms with Gasteiger partial charge < -0.3 is 9.64 Å². The van der Waals surface area contributed by atoms with Crippen molar-refractivity contribution in [2.75, 3.05) is 19.0 Å². The Hall–Kier alpha value is -2.45. The number of fused-ring (bicyclic) bond motifs is 1. The predicted octanol–water partition coefficient (Wildman–Crippen LogP) is 3.56. The van der Waals surface area contributed by atoms with Gasteiger partial charge in [0.25, 0.3) is 11.1 Å². The van der Waals surface area contributed by atoms with Gasteiger partial charge in [-0.15, -0.1) is 11.8 Å². The van der Waals surface area contributed by atoms with E-state index in [1.807, 2.05) is 53.4 Å². The first kappa shape index (κ1) is 19.8. The molecular formula is C21H20N2O4S2. The number of nitrogens with one attached hydrogen (secondary N) is 1. The fourth-order valence-corrected chi connectivity index (χ4v) is 5.11. The van der Waals surface area contributed by atoms with Crippen LogP contribution in [0.2, 0.25) is 0 Å². The third kappa shape index (κ3) is 4.76. The summed E-state index contributed by atoms with van der Waals surface area (Å²) >= 11 is 2.72. The highest BCUT2D eigenvalue weighted by atomic mass is 32.2. The predicted molar refractivity (Wildman–Crippen MR) is 113 cm³/mol. The van der Waals surface area contributed by atoms with E-state index in [-0.39, 0.29) is 22.3 Å². The smallest absolute Gasteiger partial charge is 0.286 e. The molecule has 2 aromatic rings. The number of imide groups is 1. The quantitative estimate of drug-likeness (QED) is 0.680. The number of nitrogens with zero attached hydrogens (tertiary/aromatic N) is 1. The number of rotatable bonds is 7. The lowest BCUT2D eigenvalue weighted by Crippen LogP contribution is -2.35. The van der Waals surface area contributed by atoms with Crippen LogP contribution in [-0.2, 0) is 11.2 Å². The van der Waals surface area contributed by atoms with E-state index < -0.39 is 0 Å². The van der Waals surface area contributed by atoms with Crippen molar-refractivity contribution in [3.05, 3.63) is 59.7 Å². The molecule has 1 atom stereocenters. The number of amides is 3. The second-order valence-corrected chi connectivity index (χ2v) is 8.93. The minimum Gasteiger partial charge on any atom is -0.494 e. The number of carbonyl (C=O) groups is 3. The summed E-state index contributed by atoms with van der Waals surface area (Å²) in [4.78, 5) is 38.3. The second kappa shape index (κ2) is 8.92.